The second kappa shape index (κ2) is 10.5. The van der Waals surface area contributed by atoms with E-state index in [0.29, 0.717) is 49.9 Å². The van der Waals surface area contributed by atoms with Gasteiger partial charge in [0.1, 0.15) is 0 Å². The number of hydrogen-bond donors (Lipinski definition) is 1. The Labute approximate surface area is 231 Å². The summed E-state index contributed by atoms with van der Waals surface area (Å²) in [6.07, 6.45) is 13.3. The van der Waals surface area contributed by atoms with Gasteiger partial charge in [0, 0.05) is 46.7 Å². The van der Waals surface area contributed by atoms with Gasteiger partial charge in [-0.2, -0.15) is 17.0 Å². The molecule has 1 heterocycles. The largest absolute Gasteiger partial charge is 0.393 e. The Balaban J connectivity index is 1.17. The predicted molar refractivity (Wildman–Crippen MR) is 150 cm³/mol. The van der Waals surface area contributed by atoms with E-state index in [2.05, 4.69) is 26.8 Å². The second-order valence-electron chi connectivity index (χ2n) is 14.0. The van der Waals surface area contributed by atoms with Crippen molar-refractivity contribution in [2.24, 2.45) is 40.4 Å². The Morgan fingerprint density at radius 2 is 1.79 bits per heavy atom. The average Bonchev–Trinajstić information content (AvgIpc) is 3.24. The number of nitrogens with zero attached hydrogens (tertiary/aromatic N) is 3. The van der Waals surface area contributed by atoms with Crippen LogP contribution in [0.1, 0.15) is 85.0 Å². The Bertz CT molecular complexity index is 1040. The van der Waals surface area contributed by atoms with Crippen LogP contribution in [0, 0.1) is 40.4 Å². The molecule has 0 spiro atoms. The van der Waals surface area contributed by atoms with E-state index in [1.54, 1.807) is 19.7 Å². The molecule has 0 bridgehead atoms. The number of rotatable bonds is 6. The van der Waals surface area contributed by atoms with Crippen LogP contribution in [0.15, 0.2) is 11.6 Å². The zero-order valence-electron chi connectivity index (χ0n) is 24.4. The highest BCUT2D eigenvalue weighted by Gasteiger charge is 2.59. The summed E-state index contributed by atoms with van der Waals surface area (Å²) in [6, 6.07) is 0. The van der Waals surface area contributed by atoms with E-state index in [-0.39, 0.29) is 17.4 Å². The highest BCUT2D eigenvalue weighted by Crippen LogP contribution is 2.67. The topological polar surface area (TPSA) is 81.2 Å². The number of amides is 1. The number of aliphatic hydroxyl groups is 1. The Morgan fingerprint density at radius 1 is 1.08 bits per heavy atom. The molecule has 4 fully saturated rings. The lowest BCUT2D eigenvalue weighted by molar-refractivity contribution is -0.133. The van der Waals surface area contributed by atoms with Crippen LogP contribution in [-0.4, -0.2) is 79.3 Å². The molecule has 1 saturated heterocycles. The first-order valence-corrected chi connectivity index (χ1v) is 16.6. The molecule has 1 aliphatic heterocycles. The van der Waals surface area contributed by atoms with Crippen molar-refractivity contribution >= 4 is 16.1 Å². The van der Waals surface area contributed by atoms with Gasteiger partial charge >= 0.3 is 0 Å². The van der Waals surface area contributed by atoms with Crippen LogP contribution >= 0.6 is 0 Å². The number of allylic oxidation sites excluding steroid dienone is 1. The number of piperazine rings is 1. The summed E-state index contributed by atoms with van der Waals surface area (Å²) in [5.74, 6) is 3.69. The molecule has 0 aromatic heterocycles. The van der Waals surface area contributed by atoms with E-state index in [1.807, 2.05) is 4.90 Å². The zero-order chi connectivity index (χ0) is 27.5. The number of aliphatic hydroxyl groups excluding tert-OH is 1. The third-order valence-corrected chi connectivity index (χ3v) is 14.0. The van der Waals surface area contributed by atoms with E-state index in [9.17, 15) is 18.3 Å². The summed E-state index contributed by atoms with van der Waals surface area (Å²) in [7, 11) is -0.303. The summed E-state index contributed by atoms with van der Waals surface area (Å²) < 4.78 is 27.5. The number of carbonyl (C=O) groups excluding carboxylic acids is 1. The molecule has 1 amide bonds. The number of carbonyl (C=O) groups is 1. The first kappa shape index (κ1) is 28.6. The van der Waals surface area contributed by atoms with Crippen molar-refractivity contribution in [1.82, 2.24) is 13.5 Å². The van der Waals surface area contributed by atoms with E-state index in [0.717, 1.165) is 43.4 Å². The van der Waals surface area contributed by atoms with Crippen molar-refractivity contribution in [1.29, 1.82) is 0 Å². The van der Waals surface area contributed by atoms with Gasteiger partial charge in [0.05, 0.1) is 6.10 Å². The Hall–Kier alpha value is -0.960. The van der Waals surface area contributed by atoms with Crippen molar-refractivity contribution in [2.75, 3.05) is 40.3 Å². The van der Waals surface area contributed by atoms with Crippen molar-refractivity contribution in [2.45, 2.75) is 91.1 Å². The lowest BCUT2D eigenvalue weighted by Gasteiger charge is -2.58. The third-order valence-electron chi connectivity index (χ3n) is 12.0. The second-order valence-corrected chi connectivity index (χ2v) is 16.1. The normalized spacial score (nSPS) is 40.8. The van der Waals surface area contributed by atoms with Gasteiger partial charge in [0.25, 0.3) is 10.2 Å². The average molecular weight is 550 g/mol. The molecule has 1 N–H and O–H groups in total. The molecule has 0 aromatic carbocycles. The minimum Gasteiger partial charge on any atom is -0.393 e. The van der Waals surface area contributed by atoms with Crippen molar-refractivity contribution in [3.8, 4) is 0 Å². The van der Waals surface area contributed by atoms with Crippen LogP contribution in [0.3, 0.4) is 0 Å². The molecule has 3 saturated carbocycles. The summed E-state index contributed by atoms with van der Waals surface area (Å²) in [5, 5.41) is 10.3. The number of fused-ring (bicyclic) bond motifs is 5. The molecular formula is C30H51N3O4S. The first-order chi connectivity index (χ1) is 17.9. The van der Waals surface area contributed by atoms with Crippen LogP contribution in [-0.2, 0) is 15.0 Å². The van der Waals surface area contributed by atoms with Gasteiger partial charge in [0.2, 0.25) is 5.91 Å². The highest BCUT2D eigenvalue weighted by molar-refractivity contribution is 7.86. The molecular weight excluding hydrogens is 498 g/mol. The lowest BCUT2D eigenvalue weighted by Crippen LogP contribution is -2.53. The molecule has 5 rings (SSSR count). The van der Waals surface area contributed by atoms with Gasteiger partial charge in [-0.1, -0.05) is 32.4 Å². The molecule has 4 aliphatic carbocycles. The quantitative estimate of drug-likeness (QED) is 0.501. The minimum atomic E-state index is -3.41. The van der Waals surface area contributed by atoms with Gasteiger partial charge in [-0.25, -0.2) is 0 Å². The maximum atomic E-state index is 13.1. The van der Waals surface area contributed by atoms with Gasteiger partial charge in [0.15, 0.2) is 0 Å². The van der Waals surface area contributed by atoms with Gasteiger partial charge in [-0.15, -0.1) is 0 Å². The van der Waals surface area contributed by atoms with E-state index in [1.165, 1.54) is 40.7 Å². The molecule has 216 valence electrons. The molecule has 0 unspecified atom stereocenters. The van der Waals surface area contributed by atoms with E-state index >= 15 is 0 Å². The predicted octanol–water partition coefficient (Wildman–Crippen LogP) is 4.29. The maximum absolute atomic E-state index is 13.1. The van der Waals surface area contributed by atoms with E-state index < -0.39 is 10.2 Å². The van der Waals surface area contributed by atoms with Crippen LogP contribution in [0.4, 0.5) is 0 Å². The fraction of sp³-hybridized carbons (Fsp3) is 0.900. The fourth-order valence-electron chi connectivity index (χ4n) is 9.73. The Kier molecular flexibility index (Phi) is 7.86. The molecule has 0 aromatic rings. The highest BCUT2D eigenvalue weighted by atomic mass is 32.2. The van der Waals surface area contributed by atoms with Crippen molar-refractivity contribution in [3.63, 3.8) is 0 Å². The van der Waals surface area contributed by atoms with E-state index in [4.69, 9.17) is 0 Å². The van der Waals surface area contributed by atoms with Crippen LogP contribution in [0.2, 0.25) is 0 Å². The minimum absolute atomic E-state index is 0.144. The third kappa shape index (κ3) is 4.79. The monoisotopic (exact) mass is 549 g/mol. The molecule has 38 heavy (non-hydrogen) atoms. The van der Waals surface area contributed by atoms with Gasteiger partial charge in [-0.05, 0) is 98.2 Å². The molecule has 5 aliphatic rings. The Morgan fingerprint density at radius 3 is 2.47 bits per heavy atom. The SMILES string of the molecule is C[C@H](CCC(=O)N1CCN(S(=O)(=O)N(C)C)CC1)[C@H]1CC[C@H]2[C@@H]3CC=C4C[C@@H](O)CC[C@]4(C)[C@H]3CC[C@]12C. The fourth-order valence-corrected chi connectivity index (χ4v) is 10.8. The van der Waals surface area contributed by atoms with Gasteiger partial charge in [-0.3, -0.25) is 4.79 Å². The summed E-state index contributed by atoms with van der Waals surface area (Å²) >= 11 is 0. The van der Waals surface area contributed by atoms with Gasteiger partial charge < -0.3 is 10.0 Å². The van der Waals surface area contributed by atoms with Crippen molar-refractivity contribution in [3.05, 3.63) is 11.6 Å². The first-order valence-electron chi connectivity index (χ1n) is 15.2. The summed E-state index contributed by atoms with van der Waals surface area (Å²) in [6.45, 7) is 9.17. The summed E-state index contributed by atoms with van der Waals surface area (Å²) in [5.41, 5.74) is 2.20. The number of hydrogen-bond acceptors (Lipinski definition) is 4. The van der Waals surface area contributed by atoms with Crippen LogP contribution in [0.5, 0.6) is 0 Å². The summed E-state index contributed by atoms with van der Waals surface area (Å²) in [4.78, 5) is 14.9. The maximum Gasteiger partial charge on any atom is 0.281 e. The van der Waals surface area contributed by atoms with Crippen LogP contribution < -0.4 is 0 Å². The standard InChI is InChI=1S/C30H51N3O4S/c1-21(6-11-28(35)32-16-18-33(19-17-32)38(36,37)31(4)5)25-9-10-26-24-8-7-22-20-23(34)12-14-29(22,2)27(24)13-15-30(25,26)3/h7,21,23-27,34H,6,8-20H2,1-5H3/t21-,23+,24+,25-,26+,27+,29+,30-/m1/s1. The molecule has 8 atom stereocenters. The van der Waals surface area contributed by atoms with Crippen molar-refractivity contribution < 1.29 is 18.3 Å². The molecule has 8 heteroatoms. The van der Waals surface area contributed by atoms with Crippen LogP contribution in [0.25, 0.3) is 0 Å². The molecule has 0 radical (unpaired) electrons. The zero-order valence-corrected chi connectivity index (χ0v) is 25.2. The molecule has 7 nitrogen and oxygen atoms in total. The smallest absolute Gasteiger partial charge is 0.281 e. The lowest BCUT2D eigenvalue weighted by atomic mass is 9.47.